The van der Waals surface area contributed by atoms with E-state index in [0.717, 1.165) is 32.2 Å². The molecular formula is C19H36N2O2. The molecule has 0 aromatic rings. The van der Waals surface area contributed by atoms with Gasteiger partial charge in [-0.25, -0.2) is 0 Å². The molecule has 4 heteroatoms. The first kappa shape index (κ1) is 20.2. The van der Waals surface area contributed by atoms with E-state index in [2.05, 4.69) is 43.0 Å². The highest BCUT2D eigenvalue weighted by atomic mass is 16.5. The molecule has 1 aliphatic heterocycles. The smallest absolute Gasteiger partial charge is 0.0892 e. The Morgan fingerprint density at radius 3 is 2.61 bits per heavy atom. The molecule has 4 nitrogen and oxygen atoms in total. The second-order valence-electron chi connectivity index (χ2n) is 6.25. The Balaban J connectivity index is 2.36. The topological polar surface area (TPSA) is 34.1 Å². The van der Waals surface area contributed by atoms with Crippen molar-refractivity contribution in [3.8, 4) is 0 Å². The van der Waals surface area contributed by atoms with Crippen molar-refractivity contribution in [3.63, 3.8) is 0 Å². The molecule has 0 unspecified atom stereocenters. The van der Waals surface area contributed by atoms with E-state index in [0.29, 0.717) is 19.3 Å². The fraction of sp³-hybridized carbons (Fsp3) is 0.842. The van der Waals surface area contributed by atoms with Crippen molar-refractivity contribution in [2.45, 2.75) is 77.4 Å². The zero-order chi connectivity index (χ0) is 17.0. The minimum atomic E-state index is -0.0727. The highest BCUT2D eigenvalue weighted by Gasteiger charge is 2.41. The minimum absolute atomic E-state index is 0.0727. The third-order valence-corrected chi connectivity index (χ3v) is 4.96. The lowest BCUT2D eigenvalue weighted by molar-refractivity contribution is -0.0731. The van der Waals surface area contributed by atoms with E-state index < -0.39 is 0 Å². The summed E-state index contributed by atoms with van der Waals surface area (Å²) in [6.45, 7) is 8.89. The first-order chi connectivity index (χ1) is 11.2. The Bertz CT molecular complexity index is 343. The summed E-state index contributed by atoms with van der Waals surface area (Å²) < 4.78 is 11.5. The van der Waals surface area contributed by atoms with Crippen LogP contribution >= 0.6 is 0 Å². The molecular weight excluding hydrogens is 288 g/mol. The van der Waals surface area contributed by atoms with Crippen LogP contribution in [0.3, 0.4) is 0 Å². The van der Waals surface area contributed by atoms with E-state index in [4.69, 9.17) is 9.47 Å². The van der Waals surface area contributed by atoms with Crippen molar-refractivity contribution < 1.29 is 9.47 Å². The maximum absolute atomic E-state index is 5.89. The van der Waals surface area contributed by atoms with Crippen LogP contribution in [0.2, 0.25) is 0 Å². The van der Waals surface area contributed by atoms with E-state index in [9.17, 15) is 0 Å². The number of methoxy groups -OCH3 is 1. The number of nitrogens with zero attached hydrogens (tertiary/aromatic N) is 2. The van der Waals surface area contributed by atoms with E-state index in [1.54, 1.807) is 0 Å². The van der Waals surface area contributed by atoms with Gasteiger partial charge in [-0.05, 0) is 32.1 Å². The van der Waals surface area contributed by atoms with Gasteiger partial charge in [-0.1, -0.05) is 45.8 Å². The van der Waals surface area contributed by atoms with Gasteiger partial charge < -0.3 is 9.47 Å². The van der Waals surface area contributed by atoms with E-state index >= 15 is 0 Å². The van der Waals surface area contributed by atoms with Crippen molar-refractivity contribution in [1.82, 2.24) is 5.01 Å². The summed E-state index contributed by atoms with van der Waals surface area (Å²) in [6.07, 6.45) is 14.2. The largest absolute Gasteiger partial charge is 0.376 e. The molecule has 0 amide bonds. The van der Waals surface area contributed by atoms with Gasteiger partial charge in [0.25, 0.3) is 0 Å². The Labute approximate surface area is 142 Å². The highest BCUT2D eigenvalue weighted by molar-refractivity contribution is 5.58. The van der Waals surface area contributed by atoms with Gasteiger partial charge in [0.15, 0.2) is 0 Å². The lowest BCUT2D eigenvalue weighted by Crippen LogP contribution is -2.48. The quantitative estimate of drug-likeness (QED) is 0.303. The minimum Gasteiger partial charge on any atom is -0.376 e. The predicted molar refractivity (Wildman–Crippen MR) is 98.0 cm³/mol. The van der Waals surface area contributed by atoms with Crippen LogP contribution in [-0.4, -0.2) is 49.7 Å². The number of rotatable bonds is 12. The second-order valence-corrected chi connectivity index (χ2v) is 6.25. The van der Waals surface area contributed by atoms with Gasteiger partial charge >= 0.3 is 0 Å². The molecule has 1 aliphatic rings. The Kier molecular flexibility index (Phi) is 10.2. The van der Waals surface area contributed by atoms with Crippen molar-refractivity contribution in [2.75, 3.05) is 26.9 Å². The van der Waals surface area contributed by atoms with Crippen molar-refractivity contribution >= 4 is 6.21 Å². The van der Waals surface area contributed by atoms with Crippen LogP contribution in [-0.2, 0) is 9.47 Å². The third kappa shape index (κ3) is 6.27. The normalized spacial score (nSPS) is 19.5. The van der Waals surface area contributed by atoms with Crippen molar-refractivity contribution in [3.05, 3.63) is 12.2 Å². The Morgan fingerprint density at radius 1 is 1.17 bits per heavy atom. The molecule has 0 radical (unpaired) electrons. The standard InChI is InChI=1S/C19H36N2O2/c1-5-8-9-10-11-16-23-17-14-20-21-15-12-13-18(21)19(6-2,7-3)22-4/h10-11,14,18H,5-9,12-13,15-17H2,1-4H3/b11-10+,20-14+/t18-/m0/s1. The Morgan fingerprint density at radius 2 is 1.96 bits per heavy atom. The summed E-state index contributed by atoms with van der Waals surface area (Å²) in [5, 5.41) is 6.85. The lowest BCUT2D eigenvalue weighted by atomic mass is 9.87. The molecule has 23 heavy (non-hydrogen) atoms. The van der Waals surface area contributed by atoms with Gasteiger partial charge in [-0.2, -0.15) is 5.10 Å². The van der Waals surface area contributed by atoms with E-state index in [1.165, 1.54) is 19.3 Å². The molecule has 0 spiro atoms. The highest BCUT2D eigenvalue weighted by Crippen LogP contribution is 2.34. The molecule has 0 bridgehead atoms. The summed E-state index contributed by atoms with van der Waals surface area (Å²) in [5.41, 5.74) is -0.0727. The molecule has 0 saturated carbocycles. The SMILES string of the molecule is CCCC/C=C/COC/C=N/N1CCC[C@H]1C(CC)(CC)OC. The molecule has 134 valence electrons. The molecule has 1 saturated heterocycles. The zero-order valence-electron chi connectivity index (χ0n) is 15.6. The summed E-state index contributed by atoms with van der Waals surface area (Å²) >= 11 is 0. The molecule has 1 heterocycles. The fourth-order valence-electron chi connectivity index (χ4n) is 3.41. The Hall–Kier alpha value is -0.870. The fourth-order valence-corrected chi connectivity index (χ4v) is 3.41. The predicted octanol–water partition coefficient (Wildman–Crippen LogP) is 4.40. The van der Waals surface area contributed by atoms with Crippen LogP contribution in [0.25, 0.3) is 0 Å². The number of hydrogen-bond acceptors (Lipinski definition) is 4. The third-order valence-electron chi connectivity index (χ3n) is 4.96. The average molecular weight is 325 g/mol. The molecule has 0 aromatic heterocycles. The monoisotopic (exact) mass is 324 g/mol. The summed E-state index contributed by atoms with van der Waals surface area (Å²) in [6, 6.07) is 0.382. The first-order valence-corrected chi connectivity index (χ1v) is 9.31. The maximum Gasteiger partial charge on any atom is 0.0892 e. The van der Waals surface area contributed by atoms with Crippen molar-refractivity contribution in [2.24, 2.45) is 5.10 Å². The number of hydrogen-bond donors (Lipinski definition) is 0. The molecule has 0 aliphatic carbocycles. The van der Waals surface area contributed by atoms with Gasteiger partial charge in [-0.3, -0.25) is 5.01 Å². The maximum atomic E-state index is 5.89. The zero-order valence-corrected chi connectivity index (χ0v) is 15.6. The summed E-state index contributed by atoms with van der Waals surface area (Å²) in [5.74, 6) is 0. The molecule has 1 rings (SSSR count). The first-order valence-electron chi connectivity index (χ1n) is 9.31. The second kappa shape index (κ2) is 11.6. The van der Waals surface area contributed by atoms with Crippen LogP contribution in [0, 0.1) is 0 Å². The van der Waals surface area contributed by atoms with Gasteiger partial charge in [0.05, 0.1) is 31.1 Å². The van der Waals surface area contributed by atoms with Crippen LogP contribution in [0.5, 0.6) is 0 Å². The van der Waals surface area contributed by atoms with Crippen LogP contribution < -0.4 is 0 Å². The average Bonchev–Trinajstić information content (AvgIpc) is 3.05. The number of hydrazone groups is 1. The van der Waals surface area contributed by atoms with Gasteiger partial charge in [-0.15, -0.1) is 0 Å². The van der Waals surface area contributed by atoms with Crippen LogP contribution in [0.1, 0.15) is 65.7 Å². The molecule has 0 aromatic carbocycles. The summed E-state index contributed by atoms with van der Waals surface area (Å²) in [7, 11) is 1.83. The van der Waals surface area contributed by atoms with Gasteiger partial charge in [0.1, 0.15) is 0 Å². The van der Waals surface area contributed by atoms with Crippen LogP contribution in [0.15, 0.2) is 17.3 Å². The number of allylic oxidation sites excluding steroid dienone is 1. The van der Waals surface area contributed by atoms with Crippen molar-refractivity contribution in [1.29, 1.82) is 0 Å². The number of unbranched alkanes of at least 4 members (excludes halogenated alkanes) is 2. The van der Waals surface area contributed by atoms with Crippen LogP contribution in [0.4, 0.5) is 0 Å². The molecule has 1 fully saturated rings. The molecule has 0 N–H and O–H groups in total. The lowest BCUT2D eigenvalue weighted by Gasteiger charge is -2.39. The van der Waals surface area contributed by atoms with Gasteiger partial charge in [0.2, 0.25) is 0 Å². The molecule has 1 atom stereocenters. The van der Waals surface area contributed by atoms with Gasteiger partial charge in [0, 0.05) is 13.7 Å². The summed E-state index contributed by atoms with van der Waals surface area (Å²) in [4.78, 5) is 0. The van der Waals surface area contributed by atoms with E-state index in [-0.39, 0.29) is 5.60 Å². The van der Waals surface area contributed by atoms with E-state index in [1.807, 2.05) is 13.3 Å². The number of ether oxygens (including phenoxy) is 2.